The number of rotatable bonds is 32. The van der Waals surface area contributed by atoms with Crippen LogP contribution in [0.4, 0.5) is 0 Å². The third kappa shape index (κ3) is 19.7. The molecule has 0 radical (unpaired) electrons. The van der Waals surface area contributed by atoms with Gasteiger partial charge < -0.3 is 62.9 Å². The minimum absolute atomic E-state index is 0.170. The van der Waals surface area contributed by atoms with Gasteiger partial charge in [0.15, 0.2) is 0 Å². The maximum absolute atomic E-state index is 13.1. The highest BCUT2D eigenvalue weighted by Gasteiger charge is 2.28. The van der Waals surface area contributed by atoms with E-state index in [1.54, 1.807) is 28.4 Å². The average Bonchev–Trinajstić information content (AvgIpc) is 3.95. The van der Waals surface area contributed by atoms with E-state index in [1.807, 2.05) is 91.0 Å². The molecule has 15 nitrogen and oxygen atoms in total. The van der Waals surface area contributed by atoms with Crippen LogP contribution in [-0.2, 0) is 37.9 Å². The highest BCUT2D eigenvalue weighted by molar-refractivity contribution is 6.74. The Morgan fingerprint density at radius 2 is 1.11 bits per heavy atom. The fourth-order valence-electron chi connectivity index (χ4n) is 7.35. The molecule has 4 aromatic rings. The second kappa shape index (κ2) is 34.0. The first-order valence-electron chi connectivity index (χ1n) is 24.7. The average molecular weight is 1010 g/mol. The van der Waals surface area contributed by atoms with Crippen LogP contribution in [0.3, 0.4) is 0 Å². The smallest absolute Gasteiger partial charge is 0.433 e. The Balaban J connectivity index is 1.62. The van der Waals surface area contributed by atoms with Crippen molar-refractivity contribution >= 4 is 42.3 Å². The summed E-state index contributed by atoms with van der Waals surface area (Å²) in [5.41, 5.74) is 14.9. The number of allylic oxidation sites excluding steroid dienone is 3. The zero-order chi connectivity index (χ0) is 52.6. The van der Waals surface area contributed by atoms with Crippen molar-refractivity contribution < 1.29 is 52.2 Å². The molecule has 16 heteroatoms. The molecule has 392 valence electrons. The van der Waals surface area contributed by atoms with Crippen LogP contribution >= 0.6 is 0 Å². The van der Waals surface area contributed by atoms with Gasteiger partial charge in [0, 0.05) is 64.1 Å². The molecule has 0 aliphatic carbocycles. The molecule has 5 rings (SSSR count). The van der Waals surface area contributed by atoms with Crippen LogP contribution in [0.5, 0.6) is 11.5 Å². The van der Waals surface area contributed by atoms with Crippen molar-refractivity contribution in [3.05, 3.63) is 141 Å². The number of aryl methyl sites for hydroxylation is 1. The van der Waals surface area contributed by atoms with E-state index in [2.05, 4.69) is 65.3 Å². The first kappa shape index (κ1) is 58.4. The number of nitrogens with two attached hydrogens (primary N) is 1. The molecule has 0 saturated heterocycles. The summed E-state index contributed by atoms with van der Waals surface area (Å²) in [4.78, 5) is 18.5. The third-order valence-electron chi connectivity index (χ3n) is 11.0. The van der Waals surface area contributed by atoms with Gasteiger partial charge >= 0.3 is 6.85 Å². The van der Waals surface area contributed by atoms with Crippen molar-refractivity contribution in [2.45, 2.75) is 13.8 Å². The largest absolute Gasteiger partial charge is 0.491 e. The molecule has 1 aliphatic heterocycles. The summed E-state index contributed by atoms with van der Waals surface area (Å²) in [6, 6.07) is 25.4. The second-order valence-electron chi connectivity index (χ2n) is 16.5. The monoisotopic (exact) mass is 1010 g/mol. The SMILES string of the molecule is COCCOCC#CB(C#CCOCCOC)n1c(/C=C/c2ccc(OCCOCCOC)cc2)cc(C)c1/C(=C1N=C(/C=C/c2ccc(OCCOCCOC)cc2)C=C\1C)c1ccc(C(=O)NCCN)cc1. The summed E-state index contributed by atoms with van der Waals surface area (Å²) >= 11 is 0. The molecular formula is C58H71BN4O11. The number of aliphatic imine (C=N–C) groups is 1. The van der Waals surface area contributed by atoms with Gasteiger partial charge in [-0.25, -0.2) is 4.99 Å². The molecule has 3 N–H and O–H groups in total. The summed E-state index contributed by atoms with van der Waals surface area (Å²) in [6.45, 7) is 10.0. The zero-order valence-corrected chi connectivity index (χ0v) is 43.7. The summed E-state index contributed by atoms with van der Waals surface area (Å²) in [5.74, 6) is 14.6. The van der Waals surface area contributed by atoms with Crippen LogP contribution in [-0.4, -0.2) is 157 Å². The van der Waals surface area contributed by atoms with Crippen LogP contribution in [0.1, 0.15) is 50.9 Å². The van der Waals surface area contributed by atoms with Crippen molar-refractivity contribution in [1.29, 1.82) is 0 Å². The van der Waals surface area contributed by atoms with Gasteiger partial charge in [-0.3, -0.25) is 4.79 Å². The van der Waals surface area contributed by atoms with E-state index in [1.165, 1.54) is 0 Å². The van der Waals surface area contributed by atoms with Crippen LogP contribution in [0, 0.1) is 30.4 Å². The van der Waals surface area contributed by atoms with E-state index in [0.717, 1.165) is 67.7 Å². The molecule has 0 fully saturated rings. The Morgan fingerprint density at radius 1 is 0.622 bits per heavy atom. The molecule has 0 unspecified atom stereocenters. The number of nitrogens with zero attached hydrogens (tertiary/aromatic N) is 2. The van der Waals surface area contributed by atoms with Crippen LogP contribution in [0.15, 0.2) is 107 Å². The lowest BCUT2D eigenvalue weighted by Crippen LogP contribution is -2.28. The van der Waals surface area contributed by atoms with Gasteiger partial charge in [0.1, 0.15) is 37.9 Å². The highest BCUT2D eigenvalue weighted by Crippen LogP contribution is 2.38. The number of aromatic nitrogens is 1. The van der Waals surface area contributed by atoms with E-state index in [4.69, 9.17) is 58.1 Å². The molecule has 2 heterocycles. The summed E-state index contributed by atoms with van der Waals surface area (Å²) in [6.07, 6.45) is 10.2. The molecule has 1 amide bonds. The molecular weight excluding hydrogens is 939 g/mol. The number of nitrogens with one attached hydrogen (secondary N) is 1. The van der Waals surface area contributed by atoms with Crippen molar-refractivity contribution in [2.75, 3.05) is 134 Å². The lowest BCUT2D eigenvalue weighted by Gasteiger charge is -2.19. The minimum atomic E-state index is -0.682. The van der Waals surface area contributed by atoms with E-state index in [0.29, 0.717) is 97.9 Å². The standard InChI is InChI=1S/C58H71BN4O11/c1-45-43-51(19-9-47-11-21-53(22-12-47)73-41-39-71-37-33-67-5)62-56(45)55(49-15-17-50(18-16-49)58(64)61-28-27-60)57-46(2)44-52(20-10-48-13-23-54(24-14-48)74-42-40-72-38-34-68-6)63(57)59(25-7-29-69-35-31-65-3)26-8-30-70-36-32-66-4/h9-24,43-44H,27-42,60H2,1-6H3,(H,61,64)/b19-9+,20-10+,56-55-. The summed E-state index contributed by atoms with van der Waals surface area (Å²) in [5, 5.41) is 2.88. The number of carbonyl (C=O) groups is 1. The quantitative estimate of drug-likeness (QED) is 0.0297. The number of benzene rings is 3. The number of carbonyl (C=O) groups excluding carboxylic acids is 1. The topological polar surface area (TPSA) is 165 Å². The Morgan fingerprint density at radius 3 is 1.62 bits per heavy atom. The number of ether oxygens (including phenoxy) is 10. The van der Waals surface area contributed by atoms with Gasteiger partial charge in [0.2, 0.25) is 0 Å². The fourth-order valence-corrected chi connectivity index (χ4v) is 7.35. The van der Waals surface area contributed by atoms with Crippen molar-refractivity contribution in [3.8, 4) is 35.0 Å². The maximum Gasteiger partial charge on any atom is 0.433 e. The molecule has 3 aromatic carbocycles. The second-order valence-corrected chi connectivity index (χ2v) is 16.5. The van der Waals surface area contributed by atoms with Crippen molar-refractivity contribution in [2.24, 2.45) is 10.7 Å². The summed E-state index contributed by atoms with van der Waals surface area (Å²) in [7, 11) is 6.55. The molecule has 1 aromatic heterocycles. The molecule has 0 saturated carbocycles. The molecule has 1 aliphatic rings. The van der Waals surface area contributed by atoms with E-state index in [-0.39, 0.29) is 19.1 Å². The predicted octanol–water partition coefficient (Wildman–Crippen LogP) is 6.86. The van der Waals surface area contributed by atoms with Crippen LogP contribution in [0.25, 0.3) is 23.8 Å². The minimum Gasteiger partial charge on any atom is -0.491 e. The lowest BCUT2D eigenvalue weighted by atomic mass is 9.63. The summed E-state index contributed by atoms with van der Waals surface area (Å²) < 4.78 is 57.1. The lowest BCUT2D eigenvalue weighted by molar-refractivity contribution is 0.0544. The van der Waals surface area contributed by atoms with Crippen LogP contribution < -0.4 is 20.5 Å². The maximum atomic E-state index is 13.1. The third-order valence-corrected chi connectivity index (χ3v) is 11.0. The number of amides is 1. The van der Waals surface area contributed by atoms with Gasteiger partial charge in [0.25, 0.3) is 5.91 Å². The van der Waals surface area contributed by atoms with Gasteiger partial charge in [-0.1, -0.05) is 60.4 Å². The van der Waals surface area contributed by atoms with Gasteiger partial charge in [-0.05, 0) is 102 Å². The van der Waals surface area contributed by atoms with E-state index >= 15 is 0 Å². The number of hydrogen-bond donors (Lipinski definition) is 2. The number of methoxy groups -OCH3 is 4. The molecule has 74 heavy (non-hydrogen) atoms. The van der Waals surface area contributed by atoms with E-state index in [9.17, 15) is 4.79 Å². The van der Waals surface area contributed by atoms with Gasteiger partial charge in [-0.2, -0.15) is 0 Å². The van der Waals surface area contributed by atoms with Gasteiger partial charge in [0.05, 0.1) is 77.5 Å². The first-order valence-corrected chi connectivity index (χ1v) is 24.7. The highest BCUT2D eigenvalue weighted by atomic mass is 16.5. The Kier molecular flexibility index (Phi) is 26.9. The van der Waals surface area contributed by atoms with Crippen molar-refractivity contribution in [1.82, 2.24) is 9.79 Å². The first-order chi connectivity index (χ1) is 36.3. The normalized spacial score (nSPS) is 12.8. The molecule has 0 bridgehead atoms. The molecule has 0 atom stereocenters. The Bertz CT molecular complexity index is 2590. The Hall–Kier alpha value is -6.54. The Labute approximate surface area is 437 Å². The van der Waals surface area contributed by atoms with Gasteiger partial charge in [-0.15, -0.1) is 11.6 Å². The van der Waals surface area contributed by atoms with E-state index < -0.39 is 6.85 Å². The zero-order valence-electron chi connectivity index (χ0n) is 43.7. The molecule has 0 spiro atoms. The fraction of sp³-hybridized carbons (Fsp3) is 0.379. The van der Waals surface area contributed by atoms with Crippen LogP contribution in [0.2, 0.25) is 0 Å². The van der Waals surface area contributed by atoms with Crippen molar-refractivity contribution in [3.63, 3.8) is 0 Å². The predicted molar refractivity (Wildman–Crippen MR) is 294 cm³/mol. The number of hydrogen-bond acceptors (Lipinski definition) is 13.